The molecule has 25 heavy (non-hydrogen) atoms. The van der Waals surface area contributed by atoms with E-state index in [0.717, 1.165) is 16.3 Å². The topological polar surface area (TPSA) is 61.7 Å². The summed E-state index contributed by atoms with van der Waals surface area (Å²) < 4.78 is 0. The number of carbonyl (C=O) groups is 1. The van der Waals surface area contributed by atoms with Crippen molar-refractivity contribution in [3.8, 4) is 5.75 Å². The maximum Gasteiger partial charge on any atom is 0.264 e. The first-order chi connectivity index (χ1) is 12.2. The van der Waals surface area contributed by atoms with Crippen LogP contribution < -0.4 is 5.32 Å². The van der Waals surface area contributed by atoms with Gasteiger partial charge in [-0.2, -0.15) is 0 Å². The zero-order chi connectivity index (χ0) is 17.2. The average Bonchev–Trinajstić information content (AvgIpc) is 2.96. The summed E-state index contributed by atoms with van der Waals surface area (Å²) in [5.41, 5.74) is 1.67. The van der Waals surface area contributed by atoms with Gasteiger partial charge in [0, 0.05) is 0 Å². The Kier molecular flexibility index (Phi) is 3.99. The summed E-state index contributed by atoms with van der Waals surface area (Å²) in [6, 6.07) is 20.6. The minimum absolute atomic E-state index is 0.157. The Hall–Kier alpha value is -3.05. The Balaban J connectivity index is 1.66. The lowest BCUT2D eigenvalue weighted by molar-refractivity contribution is -0.115. The van der Waals surface area contributed by atoms with Crippen LogP contribution in [0.1, 0.15) is 5.56 Å². The van der Waals surface area contributed by atoms with Crippen LogP contribution in [-0.4, -0.2) is 16.2 Å². The molecule has 1 heterocycles. The van der Waals surface area contributed by atoms with Crippen LogP contribution in [0.2, 0.25) is 0 Å². The van der Waals surface area contributed by atoms with Crippen molar-refractivity contribution in [3.05, 3.63) is 77.2 Å². The SMILES string of the molecule is O=C1NC(=Nc2ccc(O)cc2)SC1=Cc1cccc2ccccc12. The van der Waals surface area contributed by atoms with Crippen molar-refractivity contribution < 1.29 is 9.90 Å². The zero-order valence-electron chi connectivity index (χ0n) is 13.1. The second-order valence-electron chi connectivity index (χ2n) is 5.57. The van der Waals surface area contributed by atoms with Crippen LogP contribution >= 0.6 is 11.8 Å². The molecule has 3 aromatic carbocycles. The third-order valence-corrected chi connectivity index (χ3v) is 4.75. The standard InChI is InChI=1S/C20H14N2O2S/c23-16-10-8-15(9-11-16)21-20-22-19(24)18(25-20)12-14-6-3-5-13-4-1-2-7-17(13)14/h1-12,23H,(H,21,22,24). The second-order valence-corrected chi connectivity index (χ2v) is 6.60. The van der Waals surface area contributed by atoms with Gasteiger partial charge in [0.25, 0.3) is 5.91 Å². The van der Waals surface area contributed by atoms with Gasteiger partial charge in [-0.15, -0.1) is 0 Å². The number of thioether (sulfide) groups is 1. The number of phenolic OH excluding ortho intramolecular Hbond substituents is 1. The van der Waals surface area contributed by atoms with Crippen molar-refractivity contribution in [2.24, 2.45) is 4.99 Å². The lowest BCUT2D eigenvalue weighted by atomic mass is 10.0. The molecule has 0 aromatic heterocycles. The van der Waals surface area contributed by atoms with E-state index in [2.05, 4.69) is 22.4 Å². The van der Waals surface area contributed by atoms with Crippen molar-refractivity contribution >= 4 is 45.4 Å². The highest BCUT2D eigenvalue weighted by Crippen LogP contribution is 2.30. The number of aliphatic imine (C=N–C) groups is 1. The smallest absolute Gasteiger partial charge is 0.264 e. The quantitative estimate of drug-likeness (QED) is 0.675. The van der Waals surface area contributed by atoms with E-state index in [1.165, 1.54) is 11.8 Å². The van der Waals surface area contributed by atoms with Gasteiger partial charge in [0.15, 0.2) is 5.17 Å². The summed E-state index contributed by atoms with van der Waals surface area (Å²) in [4.78, 5) is 17.3. The first kappa shape index (κ1) is 15.5. The summed E-state index contributed by atoms with van der Waals surface area (Å²) in [5.74, 6) is 0.0269. The number of phenols is 1. The highest BCUT2D eigenvalue weighted by atomic mass is 32.2. The molecular formula is C20H14N2O2S. The summed E-state index contributed by atoms with van der Waals surface area (Å²) in [6.45, 7) is 0. The predicted molar refractivity (Wildman–Crippen MR) is 103 cm³/mol. The molecular weight excluding hydrogens is 332 g/mol. The molecule has 0 atom stereocenters. The number of hydrogen-bond donors (Lipinski definition) is 2. The summed E-state index contributed by atoms with van der Waals surface area (Å²) in [5, 5.41) is 14.9. The lowest BCUT2D eigenvalue weighted by Gasteiger charge is -2.02. The molecule has 1 saturated heterocycles. The highest BCUT2D eigenvalue weighted by Gasteiger charge is 2.24. The minimum Gasteiger partial charge on any atom is -0.508 e. The Morgan fingerprint density at radius 3 is 2.56 bits per heavy atom. The number of carbonyl (C=O) groups excluding carboxylic acids is 1. The molecule has 3 aromatic rings. The predicted octanol–water partition coefficient (Wildman–Crippen LogP) is 4.44. The Morgan fingerprint density at radius 1 is 0.960 bits per heavy atom. The molecule has 0 unspecified atom stereocenters. The van der Waals surface area contributed by atoms with Gasteiger partial charge in [0.05, 0.1) is 10.6 Å². The van der Waals surface area contributed by atoms with Crippen molar-refractivity contribution in [3.63, 3.8) is 0 Å². The summed E-state index contributed by atoms with van der Waals surface area (Å²) in [6.07, 6.45) is 1.89. The van der Waals surface area contributed by atoms with Crippen molar-refractivity contribution in [2.75, 3.05) is 0 Å². The van der Waals surface area contributed by atoms with Crippen LogP contribution in [-0.2, 0) is 4.79 Å². The maximum atomic E-state index is 12.2. The number of amidine groups is 1. The van der Waals surface area contributed by atoms with Crippen LogP contribution in [0.25, 0.3) is 16.8 Å². The normalized spacial score (nSPS) is 17.4. The molecule has 4 nitrogen and oxygen atoms in total. The first-order valence-corrected chi connectivity index (χ1v) is 8.57. The molecule has 1 amide bonds. The number of benzene rings is 3. The number of nitrogens with one attached hydrogen (secondary N) is 1. The molecule has 1 aliphatic heterocycles. The fourth-order valence-electron chi connectivity index (χ4n) is 2.64. The van der Waals surface area contributed by atoms with E-state index in [1.54, 1.807) is 24.3 Å². The van der Waals surface area contributed by atoms with Gasteiger partial charge >= 0.3 is 0 Å². The van der Waals surface area contributed by atoms with Gasteiger partial charge in [0.1, 0.15) is 5.75 Å². The number of hydrogen-bond acceptors (Lipinski definition) is 4. The maximum absolute atomic E-state index is 12.2. The monoisotopic (exact) mass is 346 g/mol. The summed E-state index contributed by atoms with van der Waals surface area (Å²) in [7, 11) is 0. The van der Waals surface area contributed by atoms with Crippen molar-refractivity contribution in [1.82, 2.24) is 5.32 Å². The van der Waals surface area contributed by atoms with Crippen LogP contribution in [0.15, 0.2) is 76.6 Å². The van der Waals surface area contributed by atoms with E-state index in [9.17, 15) is 9.90 Å². The molecule has 1 fully saturated rings. The Morgan fingerprint density at radius 2 is 1.72 bits per heavy atom. The van der Waals surface area contributed by atoms with E-state index in [-0.39, 0.29) is 11.7 Å². The van der Waals surface area contributed by atoms with Crippen LogP contribution in [0.5, 0.6) is 5.75 Å². The van der Waals surface area contributed by atoms with E-state index in [4.69, 9.17) is 0 Å². The van der Waals surface area contributed by atoms with Gasteiger partial charge < -0.3 is 10.4 Å². The average molecular weight is 346 g/mol. The fraction of sp³-hybridized carbons (Fsp3) is 0. The third kappa shape index (κ3) is 3.27. The van der Waals surface area contributed by atoms with Gasteiger partial charge in [0.2, 0.25) is 0 Å². The highest BCUT2D eigenvalue weighted by molar-refractivity contribution is 8.18. The number of amides is 1. The van der Waals surface area contributed by atoms with Gasteiger partial charge in [-0.3, -0.25) is 4.79 Å². The molecule has 122 valence electrons. The molecule has 0 bridgehead atoms. The Bertz CT molecular complexity index is 1020. The molecule has 4 rings (SSSR count). The van der Waals surface area contributed by atoms with Crippen molar-refractivity contribution in [2.45, 2.75) is 0 Å². The third-order valence-electron chi connectivity index (χ3n) is 3.84. The van der Waals surface area contributed by atoms with Crippen LogP contribution in [0.4, 0.5) is 5.69 Å². The molecule has 0 radical (unpaired) electrons. The molecule has 1 aliphatic rings. The molecule has 0 aliphatic carbocycles. The van der Waals surface area contributed by atoms with Crippen molar-refractivity contribution in [1.29, 1.82) is 0 Å². The largest absolute Gasteiger partial charge is 0.508 e. The lowest BCUT2D eigenvalue weighted by Crippen LogP contribution is -2.19. The van der Waals surface area contributed by atoms with Crippen LogP contribution in [0.3, 0.4) is 0 Å². The molecule has 0 spiro atoms. The number of fused-ring (bicyclic) bond motifs is 1. The summed E-state index contributed by atoms with van der Waals surface area (Å²) >= 11 is 1.31. The molecule has 5 heteroatoms. The van der Waals surface area contributed by atoms with Gasteiger partial charge in [-0.25, -0.2) is 4.99 Å². The number of nitrogens with zero attached hydrogens (tertiary/aromatic N) is 1. The zero-order valence-corrected chi connectivity index (χ0v) is 14.0. The van der Waals surface area contributed by atoms with Crippen LogP contribution in [0, 0.1) is 0 Å². The number of rotatable bonds is 2. The molecule has 0 saturated carbocycles. The number of aromatic hydroxyl groups is 1. The Labute approximate surface area is 148 Å². The molecule has 2 N–H and O–H groups in total. The van der Waals surface area contributed by atoms with E-state index in [0.29, 0.717) is 15.8 Å². The van der Waals surface area contributed by atoms with Gasteiger partial charge in [-0.05, 0) is 58.4 Å². The van der Waals surface area contributed by atoms with E-state index < -0.39 is 0 Å². The minimum atomic E-state index is -0.157. The first-order valence-electron chi connectivity index (χ1n) is 7.75. The van der Waals surface area contributed by atoms with E-state index in [1.807, 2.05) is 36.4 Å². The second kappa shape index (κ2) is 6.45. The fourth-order valence-corrected chi connectivity index (χ4v) is 3.48. The van der Waals surface area contributed by atoms with Gasteiger partial charge in [-0.1, -0.05) is 42.5 Å². The van der Waals surface area contributed by atoms with E-state index >= 15 is 0 Å².